The first kappa shape index (κ1) is 13.4. The minimum Gasteiger partial charge on any atom is -0.380 e. The Hall–Kier alpha value is -1.06. The lowest BCUT2D eigenvalue weighted by atomic mass is 10.1. The van der Waals surface area contributed by atoms with Gasteiger partial charge in [0.25, 0.3) is 0 Å². The SMILES string of the molecule is CC(Cc1ccc(Br)cc1)Nc1cnccc1Cl. The van der Waals surface area contributed by atoms with Gasteiger partial charge in [0.2, 0.25) is 0 Å². The van der Waals surface area contributed by atoms with E-state index in [9.17, 15) is 0 Å². The molecule has 0 aliphatic rings. The maximum absolute atomic E-state index is 6.08. The van der Waals surface area contributed by atoms with Crippen LogP contribution in [0.5, 0.6) is 0 Å². The van der Waals surface area contributed by atoms with Crippen LogP contribution in [-0.2, 0) is 6.42 Å². The van der Waals surface area contributed by atoms with E-state index < -0.39 is 0 Å². The molecule has 0 amide bonds. The number of halogens is 2. The highest BCUT2D eigenvalue weighted by Gasteiger charge is 2.06. The molecule has 1 N–H and O–H groups in total. The second-order valence-electron chi connectivity index (χ2n) is 4.23. The number of aromatic nitrogens is 1. The zero-order valence-corrected chi connectivity index (χ0v) is 12.4. The van der Waals surface area contributed by atoms with Crippen LogP contribution >= 0.6 is 27.5 Å². The van der Waals surface area contributed by atoms with Gasteiger partial charge in [0.1, 0.15) is 0 Å². The Balaban J connectivity index is 1.99. The van der Waals surface area contributed by atoms with Crippen LogP contribution in [0.1, 0.15) is 12.5 Å². The first-order chi connectivity index (χ1) is 8.65. The number of anilines is 1. The summed E-state index contributed by atoms with van der Waals surface area (Å²) in [4.78, 5) is 4.06. The second kappa shape index (κ2) is 6.21. The van der Waals surface area contributed by atoms with Crippen LogP contribution in [0, 0.1) is 0 Å². The van der Waals surface area contributed by atoms with Crippen LogP contribution in [0.25, 0.3) is 0 Å². The molecule has 1 aromatic heterocycles. The molecule has 0 fully saturated rings. The zero-order valence-electron chi connectivity index (χ0n) is 10.0. The van der Waals surface area contributed by atoms with Crippen molar-refractivity contribution in [1.29, 1.82) is 0 Å². The third-order valence-corrected chi connectivity index (χ3v) is 3.48. The lowest BCUT2D eigenvalue weighted by Gasteiger charge is -2.16. The van der Waals surface area contributed by atoms with Crippen LogP contribution in [0.4, 0.5) is 5.69 Å². The van der Waals surface area contributed by atoms with Crippen molar-refractivity contribution < 1.29 is 0 Å². The van der Waals surface area contributed by atoms with E-state index in [4.69, 9.17) is 11.6 Å². The third kappa shape index (κ3) is 3.72. The topological polar surface area (TPSA) is 24.9 Å². The molecule has 2 rings (SSSR count). The van der Waals surface area contributed by atoms with Gasteiger partial charge in [-0.1, -0.05) is 39.7 Å². The average Bonchev–Trinajstić information content (AvgIpc) is 2.35. The molecular weight excluding hydrogens is 312 g/mol. The van der Waals surface area contributed by atoms with Crippen molar-refractivity contribution in [2.45, 2.75) is 19.4 Å². The van der Waals surface area contributed by atoms with Gasteiger partial charge in [-0.3, -0.25) is 4.98 Å². The van der Waals surface area contributed by atoms with Crippen LogP contribution in [-0.4, -0.2) is 11.0 Å². The Morgan fingerprint density at radius 1 is 1.28 bits per heavy atom. The van der Waals surface area contributed by atoms with E-state index in [0.717, 1.165) is 16.6 Å². The van der Waals surface area contributed by atoms with Crippen molar-refractivity contribution in [3.63, 3.8) is 0 Å². The number of benzene rings is 1. The molecule has 18 heavy (non-hydrogen) atoms. The summed E-state index contributed by atoms with van der Waals surface area (Å²) >= 11 is 9.52. The molecule has 0 aliphatic carbocycles. The van der Waals surface area contributed by atoms with Crippen molar-refractivity contribution in [3.8, 4) is 0 Å². The third-order valence-electron chi connectivity index (χ3n) is 2.62. The minimum absolute atomic E-state index is 0.299. The van der Waals surface area contributed by atoms with Gasteiger partial charge in [-0.25, -0.2) is 0 Å². The van der Waals surface area contributed by atoms with Crippen molar-refractivity contribution in [1.82, 2.24) is 4.98 Å². The number of nitrogens with zero attached hydrogens (tertiary/aromatic N) is 1. The van der Waals surface area contributed by atoms with Crippen molar-refractivity contribution in [3.05, 3.63) is 57.8 Å². The van der Waals surface area contributed by atoms with E-state index in [1.54, 1.807) is 18.5 Å². The standard InChI is InChI=1S/C14H14BrClN2/c1-10(8-11-2-4-12(15)5-3-11)18-14-9-17-7-6-13(14)16/h2-7,9-10,18H,8H2,1H3. The summed E-state index contributed by atoms with van der Waals surface area (Å²) in [7, 11) is 0. The van der Waals surface area contributed by atoms with Gasteiger partial charge in [-0.15, -0.1) is 0 Å². The fourth-order valence-corrected chi connectivity index (χ4v) is 2.20. The molecule has 1 aromatic carbocycles. The van der Waals surface area contributed by atoms with E-state index in [1.807, 2.05) is 0 Å². The molecule has 1 atom stereocenters. The first-order valence-electron chi connectivity index (χ1n) is 5.75. The molecule has 0 radical (unpaired) electrons. The van der Waals surface area contributed by atoms with Gasteiger partial charge >= 0.3 is 0 Å². The Morgan fingerprint density at radius 3 is 2.67 bits per heavy atom. The van der Waals surface area contributed by atoms with Gasteiger partial charge in [0.15, 0.2) is 0 Å². The van der Waals surface area contributed by atoms with Gasteiger partial charge < -0.3 is 5.32 Å². The number of hydrogen-bond acceptors (Lipinski definition) is 2. The molecular formula is C14H14BrClN2. The second-order valence-corrected chi connectivity index (χ2v) is 5.55. The number of nitrogens with one attached hydrogen (secondary N) is 1. The summed E-state index contributed by atoms with van der Waals surface area (Å²) in [5.41, 5.74) is 2.17. The molecule has 94 valence electrons. The van der Waals surface area contributed by atoms with Crippen LogP contribution in [0.2, 0.25) is 5.02 Å². The lowest BCUT2D eigenvalue weighted by Crippen LogP contribution is -2.18. The van der Waals surface area contributed by atoms with Crippen LogP contribution in [0.15, 0.2) is 47.2 Å². The maximum Gasteiger partial charge on any atom is 0.0718 e. The molecule has 2 nitrogen and oxygen atoms in total. The highest BCUT2D eigenvalue weighted by Crippen LogP contribution is 2.21. The maximum atomic E-state index is 6.08. The van der Waals surface area contributed by atoms with Crippen molar-refractivity contribution in [2.24, 2.45) is 0 Å². The summed E-state index contributed by atoms with van der Waals surface area (Å²) in [6, 6.07) is 10.4. The monoisotopic (exact) mass is 324 g/mol. The normalized spacial score (nSPS) is 12.2. The molecule has 1 unspecified atom stereocenters. The lowest BCUT2D eigenvalue weighted by molar-refractivity contribution is 0.789. The predicted octanol–water partition coefficient (Wildman–Crippen LogP) is 4.54. The van der Waals surface area contributed by atoms with E-state index in [2.05, 4.69) is 57.4 Å². The summed E-state index contributed by atoms with van der Waals surface area (Å²) < 4.78 is 1.10. The zero-order chi connectivity index (χ0) is 13.0. The molecule has 0 spiro atoms. The molecule has 1 heterocycles. The number of pyridine rings is 1. The van der Waals surface area contributed by atoms with Crippen LogP contribution < -0.4 is 5.32 Å². The first-order valence-corrected chi connectivity index (χ1v) is 6.93. The van der Waals surface area contributed by atoms with Gasteiger partial charge in [-0.2, -0.15) is 0 Å². The van der Waals surface area contributed by atoms with Crippen molar-refractivity contribution >= 4 is 33.2 Å². The molecule has 0 aliphatic heterocycles. The van der Waals surface area contributed by atoms with E-state index in [1.165, 1.54) is 5.56 Å². The molecule has 4 heteroatoms. The van der Waals surface area contributed by atoms with Gasteiger partial charge in [0, 0.05) is 16.7 Å². The largest absolute Gasteiger partial charge is 0.380 e. The van der Waals surface area contributed by atoms with E-state index >= 15 is 0 Å². The van der Waals surface area contributed by atoms with Gasteiger partial charge in [0.05, 0.1) is 16.9 Å². The summed E-state index contributed by atoms with van der Waals surface area (Å²) in [5.74, 6) is 0. The Labute approximate surface area is 121 Å². The summed E-state index contributed by atoms with van der Waals surface area (Å²) in [5, 5.41) is 4.07. The predicted molar refractivity (Wildman–Crippen MR) is 80.2 cm³/mol. The highest BCUT2D eigenvalue weighted by atomic mass is 79.9. The van der Waals surface area contributed by atoms with Crippen molar-refractivity contribution in [2.75, 3.05) is 5.32 Å². The van der Waals surface area contributed by atoms with Gasteiger partial charge in [-0.05, 0) is 37.1 Å². The smallest absolute Gasteiger partial charge is 0.0718 e. The summed E-state index contributed by atoms with van der Waals surface area (Å²) in [6.07, 6.45) is 4.38. The Kier molecular flexibility index (Phi) is 4.61. The average molecular weight is 326 g/mol. The van der Waals surface area contributed by atoms with Crippen LogP contribution in [0.3, 0.4) is 0 Å². The summed E-state index contributed by atoms with van der Waals surface area (Å²) in [6.45, 7) is 2.13. The minimum atomic E-state index is 0.299. The number of hydrogen-bond donors (Lipinski definition) is 1. The Morgan fingerprint density at radius 2 is 2.00 bits per heavy atom. The quantitative estimate of drug-likeness (QED) is 0.892. The molecule has 2 aromatic rings. The van der Waals surface area contributed by atoms with E-state index in [0.29, 0.717) is 11.1 Å². The fraction of sp³-hybridized carbons (Fsp3) is 0.214. The molecule has 0 saturated heterocycles. The molecule has 0 saturated carbocycles. The molecule has 0 bridgehead atoms. The Bertz CT molecular complexity index is 513. The van der Waals surface area contributed by atoms with E-state index in [-0.39, 0.29) is 0 Å². The highest BCUT2D eigenvalue weighted by molar-refractivity contribution is 9.10. The number of rotatable bonds is 4. The fourth-order valence-electron chi connectivity index (χ4n) is 1.77.